The zero-order valence-corrected chi connectivity index (χ0v) is 26.3. The lowest BCUT2D eigenvalue weighted by Gasteiger charge is -2.11. The van der Waals surface area contributed by atoms with Crippen LogP contribution in [0.25, 0.3) is 99.5 Å². The van der Waals surface area contributed by atoms with Crippen LogP contribution in [-0.2, 0) is 0 Å². The van der Waals surface area contributed by atoms with Crippen LogP contribution < -0.4 is 0 Å². The first-order chi connectivity index (χ1) is 24.3. The maximum absolute atomic E-state index is 6.60. The summed E-state index contributed by atoms with van der Waals surface area (Å²) >= 11 is 0. The Labute approximate surface area is 282 Å². The number of fused-ring (bicyclic) bond motifs is 9. The highest BCUT2D eigenvalue weighted by Gasteiger charge is 2.18. The van der Waals surface area contributed by atoms with Crippen molar-refractivity contribution in [3.05, 3.63) is 164 Å². The molecule has 0 aliphatic carbocycles. The van der Waals surface area contributed by atoms with E-state index in [9.17, 15) is 0 Å². The summed E-state index contributed by atoms with van der Waals surface area (Å²) in [6.07, 6.45) is 0. The topological polar surface area (TPSA) is 51.8 Å². The lowest BCUT2D eigenvalue weighted by Crippen LogP contribution is -2.00. The second-order valence-corrected chi connectivity index (χ2v) is 12.4. The standard InChI is InChI=1S/C45H27N3O/c1-3-13-28(14-4-1)43-46-44(29-15-5-2-6-16-29)48-45(47-43)31-18-11-17-30(25-31)32-23-12-24-40-42(32)39-26-37-35-21-9-7-19-33(35)34-20-8-10-22-36(34)38(37)27-41(39)49-40/h1-27H. The van der Waals surface area contributed by atoms with Crippen LogP contribution in [-0.4, -0.2) is 15.0 Å². The number of hydrogen-bond donors (Lipinski definition) is 0. The van der Waals surface area contributed by atoms with E-state index in [1.54, 1.807) is 0 Å². The molecular formula is C45H27N3O. The van der Waals surface area contributed by atoms with E-state index < -0.39 is 0 Å². The average Bonchev–Trinajstić information content (AvgIpc) is 3.56. The third-order valence-corrected chi connectivity index (χ3v) is 9.49. The molecular weight excluding hydrogens is 599 g/mol. The molecule has 0 fully saturated rings. The van der Waals surface area contributed by atoms with Crippen LogP contribution in [0.4, 0.5) is 0 Å². The summed E-state index contributed by atoms with van der Waals surface area (Å²) in [5.74, 6) is 1.91. The Morgan fingerprint density at radius 2 is 0.776 bits per heavy atom. The van der Waals surface area contributed by atoms with E-state index in [0.29, 0.717) is 17.5 Å². The monoisotopic (exact) mass is 625 g/mol. The molecule has 0 amide bonds. The molecule has 49 heavy (non-hydrogen) atoms. The number of benzene rings is 8. The van der Waals surface area contributed by atoms with Crippen LogP contribution in [0.1, 0.15) is 0 Å². The summed E-state index contributed by atoms with van der Waals surface area (Å²) in [5, 5.41) is 9.60. The minimum absolute atomic E-state index is 0.628. The van der Waals surface area contributed by atoms with Crippen LogP contribution in [0.15, 0.2) is 168 Å². The molecule has 0 atom stereocenters. The van der Waals surface area contributed by atoms with Gasteiger partial charge in [0.1, 0.15) is 11.2 Å². The second-order valence-electron chi connectivity index (χ2n) is 12.4. The first-order valence-electron chi connectivity index (χ1n) is 16.4. The van der Waals surface area contributed by atoms with Gasteiger partial charge in [0.2, 0.25) is 0 Å². The highest BCUT2D eigenvalue weighted by Crippen LogP contribution is 2.42. The van der Waals surface area contributed by atoms with Gasteiger partial charge in [0, 0.05) is 27.5 Å². The molecule has 228 valence electrons. The van der Waals surface area contributed by atoms with Crippen molar-refractivity contribution < 1.29 is 4.42 Å². The third kappa shape index (κ3) is 4.49. The Hall–Kier alpha value is -6.65. The molecule has 10 rings (SSSR count). The maximum Gasteiger partial charge on any atom is 0.164 e. The molecule has 0 saturated carbocycles. The Balaban J connectivity index is 1.18. The normalized spacial score (nSPS) is 11.7. The van der Waals surface area contributed by atoms with Crippen LogP contribution in [0, 0.1) is 0 Å². The highest BCUT2D eigenvalue weighted by atomic mass is 16.3. The summed E-state index contributed by atoms with van der Waals surface area (Å²) in [6.45, 7) is 0. The number of furan rings is 1. The first kappa shape index (κ1) is 27.5. The van der Waals surface area contributed by atoms with Gasteiger partial charge in [-0.05, 0) is 67.7 Å². The van der Waals surface area contributed by atoms with Crippen LogP contribution >= 0.6 is 0 Å². The lowest BCUT2D eigenvalue weighted by atomic mass is 9.92. The molecule has 0 radical (unpaired) electrons. The van der Waals surface area contributed by atoms with E-state index in [1.807, 2.05) is 60.7 Å². The fourth-order valence-electron chi connectivity index (χ4n) is 7.23. The van der Waals surface area contributed by atoms with Crippen molar-refractivity contribution in [2.75, 3.05) is 0 Å². The Morgan fingerprint density at radius 1 is 0.306 bits per heavy atom. The molecule has 0 N–H and O–H groups in total. The summed E-state index contributed by atoms with van der Waals surface area (Å²) < 4.78 is 6.60. The minimum Gasteiger partial charge on any atom is -0.456 e. The van der Waals surface area contributed by atoms with E-state index in [2.05, 4.69) is 103 Å². The molecule has 0 saturated heterocycles. The summed E-state index contributed by atoms with van der Waals surface area (Å²) in [7, 11) is 0. The van der Waals surface area contributed by atoms with E-state index in [4.69, 9.17) is 19.4 Å². The fourth-order valence-corrected chi connectivity index (χ4v) is 7.23. The molecule has 0 unspecified atom stereocenters. The van der Waals surface area contributed by atoms with Gasteiger partial charge in [-0.2, -0.15) is 0 Å². The van der Waals surface area contributed by atoms with E-state index in [-0.39, 0.29) is 0 Å². The number of hydrogen-bond acceptors (Lipinski definition) is 4. The quantitative estimate of drug-likeness (QED) is 0.183. The van der Waals surface area contributed by atoms with Gasteiger partial charge in [-0.3, -0.25) is 0 Å². The third-order valence-electron chi connectivity index (χ3n) is 9.49. The molecule has 0 spiro atoms. The van der Waals surface area contributed by atoms with E-state index in [0.717, 1.165) is 49.8 Å². The average molecular weight is 626 g/mol. The predicted octanol–water partition coefficient (Wildman–Crippen LogP) is 11.9. The molecule has 2 aromatic heterocycles. The van der Waals surface area contributed by atoms with Crippen molar-refractivity contribution in [3.63, 3.8) is 0 Å². The molecule has 4 nitrogen and oxygen atoms in total. The number of nitrogens with zero attached hydrogens (tertiary/aromatic N) is 3. The summed E-state index contributed by atoms with van der Waals surface area (Å²) in [5.41, 5.74) is 6.72. The van der Waals surface area contributed by atoms with E-state index >= 15 is 0 Å². The van der Waals surface area contributed by atoms with Gasteiger partial charge in [0.05, 0.1) is 0 Å². The van der Waals surface area contributed by atoms with Gasteiger partial charge in [0.25, 0.3) is 0 Å². The van der Waals surface area contributed by atoms with Gasteiger partial charge < -0.3 is 4.42 Å². The SMILES string of the molecule is c1ccc(-c2nc(-c3ccccc3)nc(-c3cccc(-c4cccc5oc6cc7c8ccccc8c8ccccc8c7cc6c45)c3)n2)cc1. The zero-order chi connectivity index (χ0) is 32.3. The molecule has 10 aromatic rings. The second kappa shape index (κ2) is 11.0. The lowest BCUT2D eigenvalue weighted by molar-refractivity contribution is 0.669. The van der Waals surface area contributed by atoms with Gasteiger partial charge in [-0.25, -0.2) is 15.0 Å². The first-order valence-corrected chi connectivity index (χ1v) is 16.4. The Kier molecular flexibility index (Phi) is 6.15. The van der Waals surface area contributed by atoms with Crippen LogP contribution in [0.2, 0.25) is 0 Å². The smallest absolute Gasteiger partial charge is 0.164 e. The van der Waals surface area contributed by atoms with Crippen molar-refractivity contribution in [3.8, 4) is 45.3 Å². The van der Waals surface area contributed by atoms with Gasteiger partial charge in [-0.15, -0.1) is 0 Å². The molecule has 0 aliphatic rings. The van der Waals surface area contributed by atoms with Gasteiger partial charge in [-0.1, -0.05) is 140 Å². The highest BCUT2D eigenvalue weighted by molar-refractivity contribution is 6.28. The van der Waals surface area contributed by atoms with Gasteiger partial charge >= 0.3 is 0 Å². The largest absolute Gasteiger partial charge is 0.456 e. The van der Waals surface area contributed by atoms with Crippen LogP contribution in [0.5, 0.6) is 0 Å². The van der Waals surface area contributed by atoms with Crippen molar-refractivity contribution >= 4 is 54.3 Å². The molecule has 8 aromatic carbocycles. The Morgan fingerprint density at radius 3 is 1.39 bits per heavy atom. The Bertz CT molecular complexity index is 2820. The predicted molar refractivity (Wildman–Crippen MR) is 201 cm³/mol. The van der Waals surface area contributed by atoms with Crippen molar-refractivity contribution in [1.29, 1.82) is 0 Å². The van der Waals surface area contributed by atoms with Crippen LogP contribution in [0.3, 0.4) is 0 Å². The van der Waals surface area contributed by atoms with E-state index in [1.165, 1.54) is 32.3 Å². The number of rotatable bonds is 4. The molecule has 4 heteroatoms. The molecule has 0 bridgehead atoms. The summed E-state index contributed by atoms with van der Waals surface area (Å²) in [6, 6.07) is 56.8. The fraction of sp³-hybridized carbons (Fsp3) is 0. The molecule has 0 aliphatic heterocycles. The molecule has 2 heterocycles. The van der Waals surface area contributed by atoms with Crippen molar-refractivity contribution in [1.82, 2.24) is 15.0 Å². The van der Waals surface area contributed by atoms with Crippen molar-refractivity contribution in [2.24, 2.45) is 0 Å². The number of aromatic nitrogens is 3. The maximum atomic E-state index is 6.60. The minimum atomic E-state index is 0.628. The zero-order valence-electron chi connectivity index (χ0n) is 26.3. The summed E-state index contributed by atoms with van der Waals surface area (Å²) in [4.78, 5) is 14.8. The van der Waals surface area contributed by atoms with Gasteiger partial charge in [0.15, 0.2) is 17.5 Å². The van der Waals surface area contributed by atoms with Crippen molar-refractivity contribution in [2.45, 2.75) is 0 Å².